The van der Waals surface area contributed by atoms with Crippen molar-refractivity contribution in [3.63, 3.8) is 0 Å². The number of benzene rings is 1. The van der Waals surface area contributed by atoms with E-state index in [1.165, 1.54) is 14.2 Å². The number of methoxy groups -OCH3 is 2. The smallest absolute Gasteiger partial charge is 0.210 e. The predicted octanol–water partition coefficient (Wildman–Crippen LogP) is 2.26. The maximum absolute atomic E-state index is 13.8. The first-order chi connectivity index (χ1) is 7.51. The normalized spacial score (nSPS) is 9.75. The molecular formula is C9H10BrFN2O2S. The van der Waals surface area contributed by atoms with E-state index in [1.807, 2.05) is 0 Å². The van der Waals surface area contributed by atoms with Gasteiger partial charge in [0, 0.05) is 0 Å². The molecule has 0 aromatic heterocycles. The number of thiocarbonyl (C=S) groups is 1. The van der Waals surface area contributed by atoms with Gasteiger partial charge in [0.15, 0.2) is 16.6 Å². The van der Waals surface area contributed by atoms with E-state index in [0.717, 1.165) is 0 Å². The van der Waals surface area contributed by atoms with Crippen molar-refractivity contribution in [1.29, 1.82) is 0 Å². The zero-order valence-corrected chi connectivity index (χ0v) is 11.0. The molecule has 0 spiro atoms. The second-order valence-electron chi connectivity index (χ2n) is 2.78. The van der Waals surface area contributed by atoms with E-state index in [-0.39, 0.29) is 16.6 Å². The van der Waals surface area contributed by atoms with Crippen molar-refractivity contribution in [1.82, 2.24) is 0 Å². The number of ether oxygens (including phenoxy) is 2. The van der Waals surface area contributed by atoms with Crippen molar-refractivity contribution < 1.29 is 13.9 Å². The van der Waals surface area contributed by atoms with Crippen LogP contribution in [0.3, 0.4) is 0 Å². The lowest BCUT2D eigenvalue weighted by atomic mass is 10.2. The molecule has 0 atom stereocenters. The number of anilines is 1. The largest absolute Gasteiger partial charge is 0.492 e. The fraction of sp³-hybridized carbons (Fsp3) is 0.222. The second-order valence-corrected chi connectivity index (χ2v) is 4.07. The van der Waals surface area contributed by atoms with Crippen LogP contribution in [0, 0.1) is 5.82 Å². The Morgan fingerprint density at radius 1 is 1.44 bits per heavy atom. The highest BCUT2D eigenvalue weighted by atomic mass is 79.9. The molecule has 0 aliphatic rings. The number of rotatable bonds is 3. The summed E-state index contributed by atoms with van der Waals surface area (Å²) in [6.07, 6.45) is 0. The van der Waals surface area contributed by atoms with Gasteiger partial charge >= 0.3 is 0 Å². The number of nitrogens with two attached hydrogens (primary N) is 1. The second kappa shape index (κ2) is 5.31. The Morgan fingerprint density at radius 2 is 2.00 bits per heavy atom. The van der Waals surface area contributed by atoms with E-state index in [2.05, 4.69) is 33.5 Å². The van der Waals surface area contributed by atoms with Crippen LogP contribution in [0.25, 0.3) is 0 Å². The van der Waals surface area contributed by atoms with Crippen molar-refractivity contribution in [3.05, 3.63) is 16.4 Å². The molecule has 0 aliphatic carbocycles. The minimum Gasteiger partial charge on any atom is -0.492 e. The molecule has 3 N–H and O–H groups in total. The Balaban J connectivity index is 3.34. The minimum absolute atomic E-state index is 0.00662. The zero-order chi connectivity index (χ0) is 12.3. The van der Waals surface area contributed by atoms with Crippen LogP contribution in [0.4, 0.5) is 10.1 Å². The van der Waals surface area contributed by atoms with Crippen molar-refractivity contribution >= 4 is 38.9 Å². The fourth-order valence-electron chi connectivity index (χ4n) is 1.20. The SMILES string of the molecule is COc1c(Br)cc(NC(N)=S)c(OC)c1F. The van der Waals surface area contributed by atoms with E-state index >= 15 is 0 Å². The topological polar surface area (TPSA) is 56.5 Å². The van der Waals surface area contributed by atoms with E-state index in [9.17, 15) is 4.39 Å². The Hall–Kier alpha value is -1.08. The Morgan fingerprint density at radius 3 is 2.44 bits per heavy atom. The lowest BCUT2D eigenvalue weighted by molar-refractivity contribution is 0.350. The summed E-state index contributed by atoms with van der Waals surface area (Å²) in [5.74, 6) is -0.573. The molecule has 0 bridgehead atoms. The summed E-state index contributed by atoms with van der Waals surface area (Å²) in [7, 11) is 2.71. The molecule has 1 aromatic carbocycles. The molecular weight excluding hydrogens is 299 g/mol. The van der Waals surface area contributed by atoms with Crippen molar-refractivity contribution in [2.24, 2.45) is 5.73 Å². The Bertz CT molecular complexity index is 428. The quantitative estimate of drug-likeness (QED) is 0.839. The lowest BCUT2D eigenvalue weighted by Crippen LogP contribution is -2.19. The molecule has 7 heteroatoms. The van der Waals surface area contributed by atoms with Gasteiger partial charge in [-0.25, -0.2) is 0 Å². The predicted molar refractivity (Wildman–Crippen MR) is 67.6 cm³/mol. The van der Waals surface area contributed by atoms with E-state index in [4.69, 9.17) is 15.2 Å². The monoisotopic (exact) mass is 308 g/mol. The molecule has 0 unspecified atom stereocenters. The molecule has 0 radical (unpaired) electrons. The first-order valence-corrected chi connectivity index (χ1v) is 5.37. The fourth-order valence-corrected chi connectivity index (χ4v) is 1.87. The summed E-state index contributed by atoms with van der Waals surface area (Å²) in [6, 6.07) is 1.57. The van der Waals surface area contributed by atoms with Gasteiger partial charge in [0.25, 0.3) is 0 Å². The summed E-state index contributed by atoms with van der Waals surface area (Å²) < 4.78 is 24.1. The third kappa shape index (κ3) is 2.53. The molecule has 0 amide bonds. The summed E-state index contributed by atoms with van der Waals surface area (Å²) in [4.78, 5) is 0. The molecule has 0 saturated carbocycles. The highest BCUT2D eigenvalue weighted by Gasteiger charge is 2.18. The van der Waals surface area contributed by atoms with Crippen LogP contribution in [0.2, 0.25) is 0 Å². The first kappa shape index (κ1) is 13.0. The van der Waals surface area contributed by atoms with Gasteiger partial charge in [0.05, 0.1) is 24.4 Å². The van der Waals surface area contributed by atoms with Crippen LogP contribution in [-0.2, 0) is 0 Å². The van der Waals surface area contributed by atoms with Crippen LogP contribution >= 0.6 is 28.1 Å². The number of hydrogen-bond donors (Lipinski definition) is 2. The number of halogens is 2. The van der Waals surface area contributed by atoms with Gasteiger partial charge in [-0.05, 0) is 34.2 Å². The molecule has 0 heterocycles. The van der Waals surface area contributed by atoms with Crippen LogP contribution in [-0.4, -0.2) is 19.3 Å². The first-order valence-electron chi connectivity index (χ1n) is 4.17. The molecule has 1 rings (SSSR count). The molecule has 88 valence electrons. The lowest BCUT2D eigenvalue weighted by Gasteiger charge is -2.14. The molecule has 0 saturated heterocycles. The van der Waals surface area contributed by atoms with Crippen LogP contribution in [0.5, 0.6) is 11.5 Å². The summed E-state index contributed by atoms with van der Waals surface area (Å²) in [5.41, 5.74) is 5.65. The standard InChI is InChI=1S/C9H10BrFN2O2S/c1-14-7-4(10)3-5(13-9(12)16)8(15-2)6(7)11/h3H,1-2H3,(H3,12,13,16). The molecule has 4 nitrogen and oxygen atoms in total. The van der Waals surface area contributed by atoms with E-state index in [0.29, 0.717) is 10.2 Å². The average Bonchev–Trinajstić information content (AvgIpc) is 2.17. The molecule has 16 heavy (non-hydrogen) atoms. The maximum Gasteiger partial charge on any atom is 0.210 e. The summed E-state index contributed by atoms with van der Waals surface area (Å²) >= 11 is 7.84. The van der Waals surface area contributed by atoms with E-state index in [1.54, 1.807) is 6.07 Å². The van der Waals surface area contributed by atoms with Gasteiger partial charge in [-0.1, -0.05) is 0 Å². The van der Waals surface area contributed by atoms with Gasteiger partial charge < -0.3 is 20.5 Å². The van der Waals surface area contributed by atoms with Crippen LogP contribution in [0.15, 0.2) is 10.5 Å². The average molecular weight is 309 g/mol. The minimum atomic E-state index is -0.627. The molecule has 1 aromatic rings. The van der Waals surface area contributed by atoms with E-state index < -0.39 is 5.82 Å². The van der Waals surface area contributed by atoms with Crippen molar-refractivity contribution in [2.75, 3.05) is 19.5 Å². The highest BCUT2D eigenvalue weighted by Crippen LogP contribution is 2.39. The van der Waals surface area contributed by atoms with Gasteiger partial charge in [-0.2, -0.15) is 4.39 Å². The van der Waals surface area contributed by atoms with Crippen LogP contribution in [0.1, 0.15) is 0 Å². The molecule has 0 aliphatic heterocycles. The Kier molecular flexibility index (Phi) is 4.31. The summed E-state index contributed by atoms with van der Waals surface area (Å²) in [5, 5.41) is 2.64. The van der Waals surface area contributed by atoms with Gasteiger partial charge in [-0.15, -0.1) is 0 Å². The number of nitrogens with one attached hydrogen (secondary N) is 1. The zero-order valence-electron chi connectivity index (χ0n) is 8.64. The maximum atomic E-state index is 13.8. The van der Waals surface area contributed by atoms with Gasteiger partial charge in [-0.3, -0.25) is 0 Å². The van der Waals surface area contributed by atoms with Crippen LogP contribution < -0.4 is 20.5 Å². The summed E-state index contributed by atoms with van der Waals surface area (Å²) in [6.45, 7) is 0. The van der Waals surface area contributed by atoms with Gasteiger partial charge in [0.2, 0.25) is 5.82 Å². The molecule has 0 fully saturated rings. The van der Waals surface area contributed by atoms with Gasteiger partial charge in [0.1, 0.15) is 0 Å². The third-order valence-corrected chi connectivity index (χ3v) is 2.49. The van der Waals surface area contributed by atoms with Crippen molar-refractivity contribution in [2.45, 2.75) is 0 Å². The van der Waals surface area contributed by atoms with Crippen molar-refractivity contribution in [3.8, 4) is 11.5 Å². The number of hydrogen-bond acceptors (Lipinski definition) is 3. The highest BCUT2D eigenvalue weighted by molar-refractivity contribution is 9.10. The third-order valence-electron chi connectivity index (χ3n) is 1.80. The Labute approximate surface area is 106 Å².